The molecule has 0 radical (unpaired) electrons. The van der Waals surface area contributed by atoms with Gasteiger partial charge in [0.2, 0.25) is 0 Å². The Kier molecular flexibility index (Phi) is 3.68. The molecule has 72 valence electrons. The Bertz CT molecular complexity index is 261. The Labute approximate surface area is 76.3 Å². The second-order valence-electron chi connectivity index (χ2n) is 2.69. The highest BCUT2D eigenvalue weighted by molar-refractivity contribution is 5.34. The molecule has 0 fully saturated rings. The minimum absolute atomic E-state index is 0.0315. The molecule has 13 heavy (non-hydrogen) atoms. The minimum Gasteiger partial charge on any atom is -0.493 e. The Balaban J connectivity index is 2.78. The molecule has 0 N–H and O–H groups in total. The van der Waals surface area contributed by atoms with Crippen LogP contribution in [-0.2, 0) is 0 Å². The van der Waals surface area contributed by atoms with E-state index in [0.29, 0.717) is 12.4 Å². The van der Waals surface area contributed by atoms with Crippen LogP contribution in [0, 0.1) is 0 Å². The lowest BCUT2D eigenvalue weighted by Crippen LogP contribution is -1.98. The number of alkyl halides is 2. The maximum atomic E-state index is 12.4. The summed E-state index contributed by atoms with van der Waals surface area (Å²) in [5, 5.41) is 0. The van der Waals surface area contributed by atoms with E-state index in [1.165, 1.54) is 6.07 Å². The molecule has 0 aliphatic heterocycles. The molecule has 0 saturated heterocycles. The van der Waals surface area contributed by atoms with Crippen molar-refractivity contribution in [1.82, 2.24) is 0 Å². The number of halogens is 2. The van der Waals surface area contributed by atoms with Crippen LogP contribution in [0.1, 0.15) is 25.3 Å². The van der Waals surface area contributed by atoms with Gasteiger partial charge in [-0.1, -0.05) is 19.1 Å². The minimum atomic E-state index is -2.46. The average molecular weight is 186 g/mol. The summed E-state index contributed by atoms with van der Waals surface area (Å²) in [4.78, 5) is 0. The third-order valence-electron chi connectivity index (χ3n) is 1.62. The highest BCUT2D eigenvalue weighted by Gasteiger charge is 2.12. The van der Waals surface area contributed by atoms with Crippen LogP contribution in [0.3, 0.4) is 0 Å². The smallest absolute Gasteiger partial charge is 0.267 e. The van der Waals surface area contributed by atoms with Gasteiger partial charge in [-0.2, -0.15) is 0 Å². The maximum absolute atomic E-state index is 12.4. The third-order valence-corrected chi connectivity index (χ3v) is 1.62. The fourth-order valence-corrected chi connectivity index (χ4v) is 1.00. The number of para-hydroxylation sites is 1. The first-order valence-corrected chi connectivity index (χ1v) is 4.25. The Morgan fingerprint density at radius 3 is 2.62 bits per heavy atom. The maximum Gasteiger partial charge on any atom is 0.267 e. The molecule has 0 aliphatic rings. The van der Waals surface area contributed by atoms with E-state index in [-0.39, 0.29) is 5.56 Å². The molecular formula is C10H12F2O. The van der Waals surface area contributed by atoms with Crippen molar-refractivity contribution in [1.29, 1.82) is 0 Å². The van der Waals surface area contributed by atoms with E-state index in [9.17, 15) is 8.78 Å². The molecule has 0 spiro atoms. The summed E-state index contributed by atoms with van der Waals surface area (Å²) in [5.41, 5.74) is -0.0315. The molecule has 1 aromatic rings. The molecule has 0 aromatic heterocycles. The second kappa shape index (κ2) is 4.80. The van der Waals surface area contributed by atoms with Crippen molar-refractivity contribution in [3.8, 4) is 5.75 Å². The van der Waals surface area contributed by atoms with E-state index in [0.717, 1.165) is 6.42 Å². The van der Waals surface area contributed by atoms with Gasteiger partial charge in [0.1, 0.15) is 5.75 Å². The van der Waals surface area contributed by atoms with Crippen LogP contribution in [0.25, 0.3) is 0 Å². The van der Waals surface area contributed by atoms with Crippen molar-refractivity contribution in [3.63, 3.8) is 0 Å². The molecular weight excluding hydrogens is 174 g/mol. The number of ether oxygens (including phenoxy) is 1. The van der Waals surface area contributed by atoms with Gasteiger partial charge in [-0.3, -0.25) is 0 Å². The number of hydrogen-bond acceptors (Lipinski definition) is 1. The quantitative estimate of drug-likeness (QED) is 0.700. The molecule has 0 amide bonds. The Morgan fingerprint density at radius 1 is 1.31 bits per heavy atom. The molecule has 0 aliphatic carbocycles. The molecule has 3 heteroatoms. The number of hydrogen-bond donors (Lipinski definition) is 0. The lowest BCUT2D eigenvalue weighted by molar-refractivity contribution is 0.145. The van der Waals surface area contributed by atoms with Crippen molar-refractivity contribution in [3.05, 3.63) is 29.8 Å². The van der Waals surface area contributed by atoms with Crippen molar-refractivity contribution in [2.75, 3.05) is 6.61 Å². The highest BCUT2D eigenvalue weighted by atomic mass is 19.3. The fraction of sp³-hybridized carbons (Fsp3) is 0.400. The molecule has 0 saturated carbocycles. The first-order chi connectivity index (χ1) is 6.25. The van der Waals surface area contributed by atoms with Gasteiger partial charge in [0, 0.05) is 0 Å². The van der Waals surface area contributed by atoms with E-state index in [2.05, 4.69) is 0 Å². The van der Waals surface area contributed by atoms with Gasteiger partial charge in [0.25, 0.3) is 6.43 Å². The number of benzene rings is 1. The zero-order valence-electron chi connectivity index (χ0n) is 7.47. The topological polar surface area (TPSA) is 9.23 Å². The highest BCUT2D eigenvalue weighted by Crippen LogP contribution is 2.28. The zero-order valence-corrected chi connectivity index (χ0v) is 7.47. The molecule has 1 aromatic carbocycles. The first-order valence-electron chi connectivity index (χ1n) is 4.25. The molecule has 1 rings (SSSR count). The van der Waals surface area contributed by atoms with E-state index < -0.39 is 6.43 Å². The Hall–Kier alpha value is -1.12. The van der Waals surface area contributed by atoms with Crippen LogP contribution in [0.4, 0.5) is 8.78 Å². The lowest BCUT2D eigenvalue weighted by atomic mass is 10.2. The van der Waals surface area contributed by atoms with E-state index >= 15 is 0 Å². The van der Waals surface area contributed by atoms with Gasteiger partial charge in [-0.05, 0) is 18.6 Å². The normalized spacial score (nSPS) is 10.5. The van der Waals surface area contributed by atoms with E-state index in [1.807, 2.05) is 6.92 Å². The van der Waals surface area contributed by atoms with Crippen molar-refractivity contribution in [2.45, 2.75) is 19.8 Å². The van der Waals surface area contributed by atoms with E-state index in [1.54, 1.807) is 18.2 Å². The summed E-state index contributed by atoms with van der Waals surface area (Å²) in [5.74, 6) is 0.291. The SMILES string of the molecule is CCCOc1ccccc1C(F)F. The van der Waals surface area contributed by atoms with Crippen LogP contribution in [0.15, 0.2) is 24.3 Å². The van der Waals surface area contributed by atoms with Gasteiger partial charge in [-0.15, -0.1) is 0 Å². The predicted molar refractivity (Wildman–Crippen MR) is 47.2 cm³/mol. The first kappa shape index (κ1) is 9.96. The molecule has 0 unspecified atom stereocenters. The van der Waals surface area contributed by atoms with Crippen LogP contribution < -0.4 is 4.74 Å². The monoisotopic (exact) mass is 186 g/mol. The largest absolute Gasteiger partial charge is 0.493 e. The lowest BCUT2D eigenvalue weighted by Gasteiger charge is -2.09. The van der Waals surface area contributed by atoms with Crippen molar-refractivity contribution >= 4 is 0 Å². The van der Waals surface area contributed by atoms with Crippen LogP contribution in [0.5, 0.6) is 5.75 Å². The molecule has 0 atom stereocenters. The van der Waals surface area contributed by atoms with Gasteiger partial charge in [0.05, 0.1) is 12.2 Å². The molecule has 0 bridgehead atoms. The molecule has 0 heterocycles. The molecule has 1 nitrogen and oxygen atoms in total. The van der Waals surface area contributed by atoms with Gasteiger partial charge in [0.15, 0.2) is 0 Å². The number of rotatable bonds is 4. The summed E-state index contributed by atoms with van der Waals surface area (Å²) in [6.45, 7) is 2.41. The fourth-order valence-electron chi connectivity index (χ4n) is 1.00. The van der Waals surface area contributed by atoms with Gasteiger partial charge >= 0.3 is 0 Å². The van der Waals surface area contributed by atoms with Crippen LogP contribution in [-0.4, -0.2) is 6.61 Å². The predicted octanol–water partition coefficient (Wildman–Crippen LogP) is 3.41. The Morgan fingerprint density at radius 2 is 2.00 bits per heavy atom. The summed E-state index contributed by atoms with van der Waals surface area (Å²) in [7, 11) is 0. The van der Waals surface area contributed by atoms with Crippen LogP contribution >= 0.6 is 0 Å². The van der Waals surface area contributed by atoms with Gasteiger partial charge < -0.3 is 4.74 Å². The summed E-state index contributed by atoms with van der Waals surface area (Å²) in [6.07, 6.45) is -1.65. The van der Waals surface area contributed by atoms with E-state index in [4.69, 9.17) is 4.74 Å². The van der Waals surface area contributed by atoms with Crippen molar-refractivity contribution in [2.24, 2.45) is 0 Å². The summed E-state index contributed by atoms with van der Waals surface area (Å²) >= 11 is 0. The summed E-state index contributed by atoms with van der Waals surface area (Å²) < 4.78 is 29.9. The average Bonchev–Trinajstić information content (AvgIpc) is 2.15. The second-order valence-corrected chi connectivity index (χ2v) is 2.69. The standard InChI is InChI=1S/C10H12F2O/c1-2-7-13-9-6-4-3-5-8(9)10(11)12/h3-6,10H,2,7H2,1H3. The van der Waals surface area contributed by atoms with Gasteiger partial charge in [-0.25, -0.2) is 8.78 Å². The van der Waals surface area contributed by atoms with Crippen LogP contribution in [0.2, 0.25) is 0 Å². The summed E-state index contributed by atoms with van der Waals surface area (Å²) in [6, 6.07) is 6.23. The third kappa shape index (κ3) is 2.68. The van der Waals surface area contributed by atoms with Crippen molar-refractivity contribution < 1.29 is 13.5 Å². The zero-order chi connectivity index (χ0) is 9.68.